The number of rotatable bonds is 2. The summed E-state index contributed by atoms with van der Waals surface area (Å²) in [7, 11) is 0. The zero-order chi connectivity index (χ0) is 10.7. The lowest BCUT2D eigenvalue weighted by atomic mass is 9.94. The van der Waals surface area contributed by atoms with Crippen LogP contribution in [-0.4, -0.2) is 23.7 Å². The van der Waals surface area contributed by atoms with Gasteiger partial charge < -0.3 is 10.1 Å². The highest BCUT2D eigenvalue weighted by molar-refractivity contribution is 5.44. The number of nitrogens with zero attached hydrogens (tertiary/aromatic N) is 1. The van der Waals surface area contributed by atoms with Crippen molar-refractivity contribution in [2.24, 2.45) is 0 Å². The SMILES string of the molecule is CC1(Nc2ccnc(F)c2)CCCOC1. The van der Waals surface area contributed by atoms with Crippen molar-refractivity contribution in [3.8, 4) is 0 Å². The van der Waals surface area contributed by atoms with E-state index in [4.69, 9.17) is 4.74 Å². The van der Waals surface area contributed by atoms with Crippen LogP contribution < -0.4 is 5.32 Å². The van der Waals surface area contributed by atoms with Crippen LogP contribution in [0.2, 0.25) is 0 Å². The predicted octanol–water partition coefficient (Wildman–Crippen LogP) is 2.20. The van der Waals surface area contributed by atoms with Crippen molar-refractivity contribution in [2.45, 2.75) is 25.3 Å². The third kappa shape index (κ3) is 2.65. The number of halogens is 1. The summed E-state index contributed by atoms with van der Waals surface area (Å²) in [5.74, 6) is -0.458. The van der Waals surface area contributed by atoms with Crippen LogP contribution in [0.25, 0.3) is 0 Å². The summed E-state index contributed by atoms with van der Waals surface area (Å²) in [4.78, 5) is 3.52. The van der Waals surface area contributed by atoms with E-state index in [-0.39, 0.29) is 5.54 Å². The maximum Gasteiger partial charge on any atom is 0.214 e. The molecule has 0 spiro atoms. The molecule has 4 heteroatoms. The van der Waals surface area contributed by atoms with E-state index in [1.807, 2.05) is 0 Å². The van der Waals surface area contributed by atoms with Gasteiger partial charge in [-0.05, 0) is 25.8 Å². The van der Waals surface area contributed by atoms with Gasteiger partial charge in [-0.2, -0.15) is 4.39 Å². The maximum atomic E-state index is 12.9. The Morgan fingerprint density at radius 1 is 1.60 bits per heavy atom. The second-order valence-corrected chi connectivity index (χ2v) is 4.21. The molecule has 0 aromatic carbocycles. The van der Waals surface area contributed by atoms with Crippen LogP contribution in [0.5, 0.6) is 0 Å². The van der Waals surface area contributed by atoms with Crippen LogP contribution in [0.3, 0.4) is 0 Å². The standard InChI is InChI=1S/C11H15FN2O/c1-11(4-2-6-15-8-11)14-9-3-5-13-10(12)7-9/h3,5,7H,2,4,6,8H2,1H3,(H,13,14). The molecule has 0 radical (unpaired) electrons. The van der Waals surface area contributed by atoms with Gasteiger partial charge in [-0.1, -0.05) is 0 Å². The zero-order valence-electron chi connectivity index (χ0n) is 8.79. The molecular weight excluding hydrogens is 195 g/mol. The summed E-state index contributed by atoms with van der Waals surface area (Å²) in [5, 5.41) is 3.29. The molecule has 1 aromatic rings. The molecule has 1 saturated heterocycles. The molecule has 0 aliphatic carbocycles. The lowest BCUT2D eigenvalue weighted by Gasteiger charge is -2.35. The van der Waals surface area contributed by atoms with Gasteiger partial charge in [0.25, 0.3) is 0 Å². The van der Waals surface area contributed by atoms with Gasteiger partial charge in [0.05, 0.1) is 12.1 Å². The first-order valence-electron chi connectivity index (χ1n) is 5.15. The Hall–Kier alpha value is -1.16. The minimum absolute atomic E-state index is 0.0912. The van der Waals surface area contributed by atoms with E-state index < -0.39 is 5.95 Å². The molecule has 2 rings (SSSR count). The van der Waals surface area contributed by atoms with Crippen LogP contribution in [0.15, 0.2) is 18.3 Å². The summed E-state index contributed by atoms with van der Waals surface area (Å²) < 4.78 is 18.3. The molecule has 1 fully saturated rings. The summed E-state index contributed by atoms with van der Waals surface area (Å²) in [6.45, 7) is 3.57. The van der Waals surface area contributed by atoms with Gasteiger partial charge in [-0.3, -0.25) is 0 Å². The fourth-order valence-electron chi connectivity index (χ4n) is 1.86. The molecular formula is C11H15FN2O. The van der Waals surface area contributed by atoms with E-state index in [2.05, 4.69) is 17.2 Å². The summed E-state index contributed by atoms with van der Waals surface area (Å²) >= 11 is 0. The molecule has 1 atom stereocenters. The van der Waals surface area contributed by atoms with Gasteiger partial charge in [0.15, 0.2) is 0 Å². The Kier molecular flexibility index (Phi) is 2.86. The van der Waals surface area contributed by atoms with Crippen LogP contribution >= 0.6 is 0 Å². The highest BCUT2D eigenvalue weighted by atomic mass is 19.1. The summed E-state index contributed by atoms with van der Waals surface area (Å²) in [5.41, 5.74) is 0.668. The van der Waals surface area contributed by atoms with Crippen molar-refractivity contribution >= 4 is 5.69 Å². The minimum atomic E-state index is -0.458. The Morgan fingerprint density at radius 2 is 2.47 bits per heavy atom. The molecule has 0 amide bonds. The highest BCUT2D eigenvalue weighted by Gasteiger charge is 2.27. The predicted molar refractivity (Wildman–Crippen MR) is 56.3 cm³/mol. The first-order valence-corrected chi connectivity index (χ1v) is 5.15. The van der Waals surface area contributed by atoms with Crippen molar-refractivity contribution in [3.05, 3.63) is 24.3 Å². The minimum Gasteiger partial charge on any atom is -0.379 e. The third-order valence-electron chi connectivity index (χ3n) is 2.61. The van der Waals surface area contributed by atoms with Crippen LogP contribution in [0, 0.1) is 5.95 Å². The smallest absolute Gasteiger partial charge is 0.214 e. The van der Waals surface area contributed by atoms with E-state index in [1.165, 1.54) is 12.3 Å². The van der Waals surface area contributed by atoms with Crippen molar-refractivity contribution in [1.29, 1.82) is 0 Å². The lowest BCUT2D eigenvalue weighted by molar-refractivity contribution is 0.0540. The Labute approximate surface area is 88.7 Å². The first kappa shape index (κ1) is 10.4. The molecule has 1 aromatic heterocycles. The second-order valence-electron chi connectivity index (χ2n) is 4.21. The fraction of sp³-hybridized carbons (Fsp3) is 0.545. The first-order chi connectivity index (χ1) is 7.18. The monoisotopic (exact) mass is 210 g/mol. The maximum absolute atomic E-state index is 12.9. The quantitative estimate of drug-likeness (QED) is 0.760. The van der Waals surface area contributed by atoms with Gasteiger partial charge in [-0.25, -0.2) is 4.98 Å². The van der Waals surface area contributed by atoms with Crippen LogP contribution in [0.1, 0.15) is 19.8 Å². The van der Waals surface area contributed by atoms with Gasteiger partial charge in [0.1, 0.15) is 0 Å². The number of anilines is 1. The Morgan fingerprint density at radius 3 is 3.13 bits per heavy atom. The average molecular weight is 210 g/mol. The van der Waals surface area contributed by atoms with Crippen molar-refractivity contribution < 1.29 is 9.13 Å². The number of ether oxygens (including phenoxy) is 1. The van der Waals surface area contributed by atoms with Crippen molar-refractivity contribution in [1.82, 2.24) is 4.98 Å². The summed E-state index contributed by atoms with van der Waals surface area (Å²) in [6.07, 6.45) is 3.54. The number of pyridine rings is 1. The molecule has 3 nitrogen and oxygen atoms in total. The molecule has 2 heterocycles. The molecule has 1 aliphatic rings. The normalized spacial score (nSPS) is 26.3. The number of hydrogen-bond donors (Lipinski definition) is 1. The van der Waals surface area contributed by atoms with Crippen LogP contribution in [0.4, 0.5) is 10.1 Å². The second kappa shape index (κ2) is 4.14. The fourth-order valence-corrected chi connectivity index (χ4v) is 1.86. The summed E-state index contributed by atoms with van der Waals surface area (Å²) in [6, 6.07) is 3.17. The molecule has 1 aliphatic heterocycles. The van der Waals surface area contributed by atoms with Gasteiger partial charge >= 0.3 is 0 Å². The number of aromatic nitrogens is 1. The average Bonchev–Trinajstić information content (AvgIpc) is 2.18. The van der Waals surface area contributed by atoms with Gasteiger partial charge in [0, 0.05) is 24.6 Å². The zero-order valence-corrected chi connectivity index (χ0v) is 8.79. The molecule has 15 heavy (non-hydrogen) atoms. The topological polar surface area (TPSA) is 34.2 Å². The van der Waals surface area contributed by atoms with Crippen molar-refractivity contribution in [2.75, 3.05) is 18.5 Å². The van der Waals surface area contributed by atoms with E-state index in [1.54, 1.807) is 6.07 Å². The largest absolute Gasteiger partial charge is 0.379 e. The molecule has 0 bridgehead atoms. The molecule has 1 unspecified atom stereocenters. The van der Waals surface area contributed by atoms with E-state index in [0.29, 0.717) is 6.61 Å². The molecule has 1 N–H and O–H groups in total. The molecule has 0 saturated carbocycles. The van der Waals surface area contributed by atoms with Gasteiger partial charge in [-0.15, -0.1) is 0 Å². The number of hydrogen-bond acceptors (Lipinski definition) is 3. The third-order valence-corrected chi connectivity index (χ3v) is 2.61. The van der Waals surface area contributed by atoms with E-state index in [0.717, 1.165) is 25.1 Å². The number of nitrogens with one attached hydrogen (secondary N) is 1. The van der Waals surface area contributed by atoms with Gasteiger partial charge in [0.2, 0.25) is 5.95 Å². The Balaban J connectivity index is 2.06. The van der Waals surface area contributed by atoms with E-state index >= 15 is 0 Å². The van der Waals surface area contributed by atoms with Crippen LogP contribution in [-0.2, 0) is 4.74 Å². The highest BCUT2D eigenvalue weighted by Crippen LogP contribution is 2.23. The van der Waals surface area contributed by atoms with E-state index in [9.17, 15) is 4.39 Å². The Bertz CT molecular complexity index is 337. The molecule has 82 valence electrons. The lowest BCUT2D eigenvalue weighted by Crippen LogP contribution is -2.43. The van der Waals surface area contributed by atoms with Crippen molar-refractivity contribution in [3.63, 3.8) is 0 Å².